The molecule has 0 atom stereocenters. The first kappa shape index (κ1) is 25.2. The molecule has 0 bridgehead atoms. The van der Waals surface area contributed by atoms with Crippen molar-refractivity contribution >= 4 is 34.9 Å². The molecule has 1 aliphatic carbocycles. The van der Waals surface area contributed by atoms with Gasteiger partial charge in [0.25, 0.3) is 11.1 Å². The number of amides is 2. The number of aryl methyl sites for hydroxylation is 1. The number of carbonyl (C=O) groups excluding carboxylic acids is 2. The first-order valence-electron chi connectivity index (χ1n) is 12.7. The number of nitrogens with zero attached hydrogens (tertiary/aromatic N) is 2. The van der Waals surface area contributed by atoms with Crippen LogP contribution in [0.3, 0.4) is 0 Å². The molecular weight excluding hydrogens is 482 g/mol. The number of imide groups is 1. The van der Waals surface area contributed by atoms with E-state index in [0.29, 0.717) is 28.5 Å². The van der Waals surface area contributed by atoms with Crippen LogP contribution in [0.2, 0.25) is 0 Å². The lowest BCUT2D eigenvalue weighted by Crippen LogP contribution is -2.31. The Balaban J connectivity index is 1.10. The molecule has 0 unspecified atom stereocenters. The van der Waals surface area contributed by atoms with Crippen LogP contribution in [0, 0.1) is 12.8 Å². The normalized spacial score (nSPS) is 20.7. The molecule has 1 saturated heterocycles. The van der Waals surface area contributed by atoms with Crippen LogP contribution in [-0.4, -0.2) is 33.7 Å². The molecule has 190 valence electrons. The van der Waals surface area contributed by atoms with Gasteiger partial charge in [-0.2, -0.15) is 0 Å². The van der Waals surface area contributed by atoms with E-state index in [0.717, 1.165) is 50.5 Å². The maximum atomic E-state index is 11.8. The van der Waals surface area contributed by atoms with Crippen molar-refractivity contribution in [2.75, 3.05) is 11.9 Å². The zero-order chi connectivity index (χ0) is 25.6. The van der Waals surface area contributed by atoms with Gasteiger partial charge in [0.2, 0.25) is 5.95 Å². The second kappa shape index (κ2) is 11.7. The van der Waals surface area contributed by atoms with Crippen LogP contribution in [0.5, 0.6) is 0 Å². The van der Waals surface area contributed by atoms with E-state index in [1.54, 1.807) is 18.3 Å². The summed E-state index contributed by atoms with van der Waals surface area (Å²) in [4.78, 5) is 32.4. The summed E-state index contributed by atoms with van der Waals surface area (Å²) in [5, 5.41) is 9.06. The number of hydrogen-bond acceptors (Lipinski definition) is 7. The minimum Gasteiger partial charge on any atom is -0.351 e. The summed E-state index contributed by atoms with van der Waals surface area (Å²) in [5.41, 5.74) is 5.77. The number of aromatic nitrogens is 2. The Kier molecular flexibility index (Phi) is 7.96. The van der Waals surface area contributed by atoms with Crippen LogP contribution < -0.4 is 16.0 Å². The minimum absolute atomic E-state index is 0.326. The summed E-state index contributed by atoms with van der Waals surface area (Å²) >= 11 is 0.890. The number of carbonyl (C=O) groups is 2. The van der Waals surface area contributed by atoms with Crippen molar-refractivity contribution in [1.29, 1.82) is 0 Å². The van der Waals surface area contributed by atoms with Gasteiger partial charge in [-0.3, -0.25) is 14.9 Å². The molecule has 0 spiro atoms. The zero-order valence-electron chi connectivity index (χ0n) is 20.9. The van der Waals surface area contributed by atoms with E-state index in [1.165, 1.54) is 22.3 Å². The Labute approximate surface area is 221 Å². The van der Waals surface area contributed by atoms with Crippen molar-refractivity contribution in [3.63, 3.8) is 0 Å². The first-order chi connectivity index (χ1) is 18.0. The maximum absolute atomic E-state index is 11.8. The van der Waals surface area contributed by atoms with Gasteiger partial charge in [0.05, 0.1) is 10.6 Å². The highest BCUT2D eigenvalue weighted by Crippen LogP contribution is 2.28. The smallest absolute Gasteiger partial charge is 0.290 e. The van der Waals surface area contributed by atoms with Crippen molar-refractivity contribution in [1.82, 2.24) is 20.6 Å². The third kappa shape index (κ3) is 6.64. The van der Waals surface area contributed by atoms with E-state index >= 15 is 0 Å². The molecule has 0 radical (unpaired) electrons. The van der Waals surface area contributed by atoms with Crippen LogP contribution in [0.25, 0.3) is 17.2 Å². The van der Waals surface area contributed by atoms with Crippen LogP contribution in [0.15, 0.2) is 65.7 Å². The topological polar surface area (TPSA) is 96.0 Å². The number of hydrogen-bond donors (Lipinski definition) is 3. The molecule has 2 aliphatic rings. The SMILES string of the molecule is Cc1cccc(-c2ccccc2CNC[C@H]2CC[C@H](Nc3nccc(/C=C4\SC(=O)NC4=O)n3)CC2)c1. The molecule has 1 saturated carbocycles. The molecule has 1 aliphatic heterocycles. The fourth-order valence-corrected chi connectivity index (χ4v) is 5.62. The Morgan fingerprint density at radius 1 is 1.05 bits per heavy atom. The van der Waals surface area contributed by atoms with Crippen molar-refractivity contribution < 1.29 is 9.59 Å². The summed E-state index contributed by atoms with van der Waals surface area (Å²) in [6.07, 6.45) is 7.71. The van der Waals surface area contributed by atoms with Gasteiger partial charge in [0, 0.05) is 18.8 Å². The highest BCUT2D eigenvalue weighted by Gasteiger charge is 2.25. The molecule has 2 fully saturated rings. The van der Waals surface area contributed by atoms with Gasteiger partial charge >= 0.3 is 0 Å². The second-order valence-corrected chi connectivity index (χ2v) is 10.7. The van der Waals surface area contributed by atoms with Gasteiger partial charge < -0.3 is 10.6 Å². The van der Waals surface area contributed by atoms with Crippen LogP contribution >= 0.6 is 11.8 Å². The Hall–Kier alpha value is -3.49. The Morgan fingerprint density at radius 3 is 2.68 bits per heavy atom. The van der Waals surface area contributed by atoms with Crippen molar-refractivity contribution in [2.45, 2.75) is 45.2 Å². The third-order valence-corrected chi connectivity index (χ3v) is 7.68. The van der Waals surface area contributed by atoms with Crippen LogP contribution in [-0.2, 0) is 11.3 Å². The van der Waals surface area contributed by atoms with Crippen LogP contribution in [0.4, 0.5) is 10.7 Å². The molecule has 8 heteroatoms. The molecule has 3 aromatic rings. The van der Waals surface area contributed by atoms with Gasteiger partial charge in [0.15, 0.2) is 0 Å². The zero-order valence-corrected chi connectivity index (χ0v) is 21.7. The van der Waals surface area contributed by atoms with E-state index in [9.17, 15) is 9.59 Å². The lowest BCUT2D eigenvalue weighted by Gasteiger charge is -2.29. The molecule has 1 aromatic heterocycles. The largest absolute Gasteiger partial charge is 0.351 e. The fraction of sp³-hybridized carbons (Fsp3) is 0.310. The number of thioether (sulfide) groups is 1. The Bertz CT molecular complexity index is 1320. The molecule has 7 nitrogen and oxygen atoms in total. The third-order valence-electron chi connectivity index (χ3n) is 6.87. The summed E-state index contributed by atoms with van der Waals surface area (Å²) in [7, 11) is 0. The van der Waals surface area contributed by atoms with Crippen molar-refractivity contribution in [3.05, 3.63) is 82.5 Å². The summed E-state index contributed by atoms with van der Waals surface area (Å²) in [6, 6.07) is 19.4. The summed E-state index contributed by atoms with van der Waals surface area (Å²) < 4.78 is 0. The average molecular weight is 514 g/mol. The van der Waals surface area contributed by atoms with E-state index in [-0.39, 0.29) is 11.1 Å². The standard InChI is InChI=1S/C29H31N5O2S/c1-19-5-4-7-21(15-19)25-8-3-2-6-22(25)18-30-17-20-9-11-23(12-10-20)32-28-31-14-13-24(33-28)16-26-27(35)34-29(36)37-26/h2-8,13-16,20,23,30H,9-12,17-18H2,1H3,(H,31,32,33)(H,34,35,36)/b26-16-/t20-,23-. The highest BCUT2D eigenvalue weighted by atomic mass is 32.2. The quantitative estimate of drug-likeness (QED) is 0.341. The molecular formula is C29H31N5O2S. The predicted molar refractivity (Wildman–Crippen MR) is 149 cm³/mol. The van der Waals surface area contributed by atoms with E-state index < -0.39 is 0 Å². The Morgan fingerprint density at radius 2 is 1.89 bits per heavy atom. The summed E-state index contributed by atoms with van der Waals surface area (Å²) in [5.74, 6) is 0.823. The lowest BCUT2D eigenvalue weighted by atomic mass is 9.86. The molecule has 2 amide bonds. The number of nitrogens with one attached hydrogen (secondary N) is 3. The monoisotopic (exact) mass is 513 g/mol. The predicted octanol–water partition coefficient (Wildman–Crippen LogP) is 5.54. The van der Waals surface area contributed by atoms with Gasteiger partial charge in [-0.05, 0) is 85.7 Å². The van der Waals surface area contributed by atoms with Gasteiger partial charge in [-0.25, -0.2) is 9.97 Å². The number of anilines is 1. The molecule has 3 N–H and O–H groups in total. The summed E-state index contributed by atoms with van der Waals surface area (Å²) in [6.45, 7) is 4.00. The van der Waals surface area contributed by atoms with Crippen molar-refractivity contribution in [2.24, 2.45) is 5.92 Å². The molecule has 2 heterocycles. The van der Waals surface area contributed by atoms with Crippen LogP contribution in [0.1, 0.15) is 42.5 Å². The minimum atomic E-state index is -0.381. The lowest BCUT2D eigenvalue weighted by molar-refractivity contribution is -0.115. The average Bonchev–Trinajstić information content (AvgIpc) is 3.21. The van der Waals surface area contributed by atoms with Gasteiger partial charge in [0.1, 0.15) is 0 Å². The fourth-order valence-electron chi connectivity index (χ4n) is 4.95. The molecule has 5 rings (SSSR count). The van der Waals surface area contributed by atoms with Gasteiger partial charge in [-0.1, -0.05) is 54.1 Å². The van der Waals surface area contributed by atoms with Gasteiger partial charge in [-0.15, -0.1) is 0 Å². The highest BCUT2D eigenvalue weighted by molar-refractivity contribution is 8.18. The first-order valence-corrected chi connectivity index (χ1v) is 13.6. The second-order valence-electron chi connectivity index (χ2n) is 9.68. The van der Waals surface area contributed by atoms with E-state index in [1.807, 2.05) is 0 Å². The maximum Gasteiger partial charge on any atom is 0.290 e. The van der Waals surface area contributed by atoms with Crippen molar-refractivity contribution in [3.8, 4) is 11.1 Å². The molecule has 37 heavy (non-hydrogen) atoms. The van der Waals surface area contributed by atoms with E-state index in [4.69, 9.17) is 0 Å². The molecule has 2 aromatic carbocycles. The number of rotatable bonds is 8. The van der Waals surface area contributed by atoms with E-state index in [2.05, 4.69) is 81.4 Å². The number of benzene rings is 2.